The molecule has 0 unspecified atom stereocenters. The second-order valence-electron chi connectivity index (χ2n) is 5.45. The molecule has 0 saturated carbocycles. The fourth-order valence-corrected chi connectivity index (χ4v) is 3.33. The first-order chi connectivity index (χ1) is 12.7. The van der Waals surface area contributed by atoms with Crippen LogP contribution in [0, 0.1) is 12.7 Å². The number of amidine groups is 1. The average molecular weight is 418 g/mol. The number of benzene rings is 1. The van der Waals surface area contributed by atoms with Gasteiger partial charge >= 0.3 is 0 Å². The first-order valence-electron chi connectivity index (χ1n) is 7.62. The molecule has 0 atom stereocenters. The number of aliphatic imine (C=N–C) groups is 1. The van der Waals surface area contributed by atoms with Gasteiger partial charge < -0.3 is 0 Å². The molecule has 13 heteroatoms. The quantitative estimate of drug-likeness (QED) is 0.191. The van der Waals surface area contributed by atoms with Crippen molar-refractivity contribution in [1.29, 1.82) is 0 Å². The number of hydrogen-bond donors (Lipinski definition) is 3. The van der Waals surface area contributed by atoms with Crippen LogP contribution in [0.25, 0.3) is 0 Å². The van der Waals surface area contributed by atoms with Crippen LogP contribution in [0.5, 0.6) is 0 Å². The van der Waals surface area contributed by atoms with Crippen molar-refractivity contribution in [3.8, 4) is 0 Å². The Hall–Kier alpha value is -2.06. The zero-order valence-corrected chi connectivity index (χ0v) is 16.4. The topological polar surface area (TPSA) is 133 Å². The molecule has 0 spiro atoms. The number of hydroxylamine groups is 1. The third kappa shape index (κ3) is 5.71. The van der Waals surface area contributed by atoms with Crippen LogP contribution in [0.15, 0.2) is 32.8 Å². The van der Waals surface area contributed by atoms with E-state index >= 15 is 0 Å². The summed E-state index contributed by atoms with van der Waals surface area (Å²) in [5.74, 6) is -0.0755. The number of nitrogens with one attached hydrogen (secondary N) is 2. The molecule has 2 aromatic rings. The molecule has 1 heterocycles. The van der Waals surface area contributed by atoms with E-state index in [2.05, 4.69) is 24.7 Å². The van der Waals surface area contributed by atoms with E-state index in [1.807, 2.05) is 5.48 Å². The molecule has 3 N–H and O–H groups in total. The SMILES string of the molecule is Cc1cc(N=C(NO)c2nonc2SCCNS(=O)(=O)N(C)C)ccc1F. The fraction of sp³-hybridized carbons (Fsp3) is 0.357. The monoisotopic (exact) mass is 418 g/mol. The highest BCUT2D eigenvalue weighted by Gasteiger charge is 2.18. The standard InChI is InChI=1S/C14H19FN6O4S2/c1-9-8-10(4-5-11(9)15)17-13(18-22)12-14(20-25-19-12)26-7-6-16-27(23,24)21(2)3/h4-5,8,16,22H,6-7H2,1-3H3,(H,17,18). The van der Waals surface area contributed by atoms with Gasteiger partial charge in [-0.25, -0.2) is 18.7 Å². The summed E-state index contributed by atoms with van der Waals surface area (Å²) in [5.41, 5.74) is 2.85. The fourth-order valence-electron chi connectivity index (χ4n) is 1.83. The third-order valence-corrected chi connectivity index (χ3v) is 5.76. The number of thioether (sulfide) groups is 1. The molecule has 0 aliphatic heterocycles. The Labute approximate surface area is 160 Å². The lowest BCUT2D eigenvalue weighted by Gasteiger charge is -2.11. The largest absolute Gasteiger partial charge is 0.290 e. The summed E-state index contributed by atoms with van der Waals surface area (Å²) in [6.07, 6.45) is 0. The molecule has 0 radical (unpaired) electrons. The molecule has 10 nitrogen and oxygen atoms in total. The van der Waals surface area contributed by atoms with Crippen LogP contribution < -0.4 is 10.2 Å². The van der Waals surface area contributed by atoms with E-state index in [9.17, 15) is 18.0 Å². The smallest absolute Gasteiger partial charge is 0.278 e. The number of rotatable bonds is 8. The third-order valence-electron chi connectivity index (χ3n) is 3.28. The van der Waals surface area contributed by atoms with Gasteiger partial charge in [0, 0.05) is 26.4 Å². The van der Waals surface area contributed by atoms with Crippen LogP contribution in [-0.4, -0.2) is 60.5 Å². The van der Waals surface area contributed by atoms with Gasteiger partial charge in [0.1, 0.15) is 5.82 Å². The van der Waals surface area contributed by atoms with Gasteiger partial charge in [-0.3, -0.25) is 10.7 Å². The molecule has 27 heavy (non-hydrogen) atoms. The second-order valence-corrected chi connectivity index (χ2v) is 8.51. The van der Waals surface area contributed by atoms with Crippen molar-refractivity contribution in [3.05, 3.63) is 35.3 Å². The summed E-state index contributed by atoms with van der Waals surface area (Å²) in [4.78, 5) is 4.17. The summed E-state index contributed by atoms with van der Waals surface area (Å²) >= 11 is 1.16. The van der Waals surface area contributed by atoms with Crippen molar-refractivity contribution in [2.24, 2.45) is 4.99 Å². The predicted molar refractivity (Wildman–Crippen MR) is 97.9 cm³/mol. The Morgan fingerprint density at radius 3 is 2.78 bits per heavy atom. The second kappa shape index (κ2) is 9.23. The molecular formula is C14H19FN6O4S2. The van der Waals surface area contributed by atoms with Gasteiger partial charge in [0.25, 0.3) is 10.2 Å². The Morgan fingerprint density at radius 1 is 1.41 bits per heavy atom. The Balaban J connectivity index is 2.09. The van der Waals surface area contributed by atoms with Crippen LogP contribution in [0.2, 0.25) is 0 Å². The molecule has 0 bridgehead atoms. The minimum absolute atomic E-state index is 0.0429. The summed E-state index contributed by atoms with van der Waals surface area (Å²) in [7, 11) is -0.678. The van der Waals surface area contributed by atoms with Crippen molar-refractivity contribution in [2.45, 2.75) is 11.9 Å². The normalized spacial score (nSPS) is 12.6. The van der Waals surface area contributed by atoms with Gasteiger partial charge in [-0.2, -0.15) is 12.7 Å². The lowest BCUT2D eigenvalue weighted by atomic mass is 10.2. The van der Waals surface area contributed by atoms with Gasteiger partial charge in [0.15, 0.2) is 16.6 Å². The van der Waals surface area contributed by atoms with E-state index in [0.29, 0.717) is 22.0 Å². The van der Waals surface area contributed by atoms with E-state index in [-0.39, 0.29) is 23.9 Å². The number of aryl methyl sites for hydroxylation is 1. The molecular weight excluding hydrogens is 399 g/mol. The van der Waals surface area contributed by atoms with Gasteiger partial charge in [0.05, 0.1) is 5.69 Å². The van der Waals surface area contributed by atoms with Crippen molar-refractivity contribution in [2.75, 3.05) is 26.4 Å². The minimum Gasteiger partial charge on any atom is -0.290 e. The van der Waals surface area contributed by atoms with Gasteiger partial charge in [-0.05, 0) is 41.0 Å². The number of halogens is 1. The molecule has 1 aromatic heterocycles. The van der Waals surface area contributed by atoms with Gasteiger partial charge in [-0.15, -0.1) is 0 Å². The zero-order valence-electron chi connectivity index (χ0n) is 14.8. The van der Waals surface area contributed by atoms with E-state index in [4.69, 9.17) is 0 Å². The van der Waals surface area contributed by atoms with Crippen molar-refractivity contribution >= 4 is 33.5 Å². The van der Waals surface area contributed by atoms with E-state index in [1.165, 1.54) is 32.3 Å². The molecule has 148 valence electrons. The summed E-state index contributed by atoms with van der Waals surface area (Å²) in [6.45, 7) is 1.74. The maximum Gasteiger partial charge on any atom is 0.278 e. The van der Waals surface area contributed by atoms with Crippen molar-refractivity contribution in [3.63, 3.8) is 0 Å². The highest BCUT2D eigenvalue weighted by Crippen LogP contribution is 2.22. The zero-order chi connectivity index (χ0) is 20.0. The Morgan fingerprint density at radius 2 is 2.15 bits per heavy atom. The molecule has 0 aliphatic rings. The summed E-state index contributed by atoms with van der Waals surface area (Å²) in [5, 5.41) is 17.1. The van der Waals surface area contributed by atoms with Crippen molar-refractivity contribution in [1.82, 2.24) is 24.8 Å². The predicted octanol–water partition coefficient (Wildman–Crippen LogP) is 1.06. The highest BCUT2D eigenvalue weighted by atomic mass is 32.2. The first kappa shape index (κ1) is 21.2. The van der Waals surface area contributed by atoms with Gasteiger partial charge in [-0.1, -0.05) is 11.8 Å². The lowest BCUT2D eigenvalue weighted by Crippen LogP contribution is -2.36. The maximum atomic E-state index is 13.4. The van der Waals surface area contributed by atoms with E-state index in [1.54, 1.807) is 6.92 Å². The molecule has 0 saturated heterocycles. The number of nitrogens with zero attached hydrogens (tertiary/aromatic N) is 4. The Bertz CT molecular complexity index is 916. The van der Waals surface area contributed by atoms with Crippen LogP contribution in [0.1, 0.15) is 11.3 Å². The Kier molecular flexibility index (Phi) is 7.26. The number of hydrogen-bond acceptors (Lipinski definition) is 8. The lowest BCUT2D eigenvalue weighted by molar-refractivity contribution is 0.234. The summed E-state index contributed by atoms with van der Waals surface area (Å²) in [6, 6.07) is 4.20. The van der Waals surface area contributed by atoms with Crippen LogP contribution in [0.4, 0.5) is 10.1 Å². The van der Waals surface area contributed by atoms with E-state index in [0.717, 1.165) is 16.1 Å². The highest BCUT2D eigenvalue weighted by molar-refractivity contribution is 7.99. The minimum atomic E-state index is -3.51. The molecule has 0 aliphatic carbocycles. The average Bonchev–Trinajstić information content (AvgIpc) is 3.08. The molecule has 2 rings (SSSR count). The van der Waals surface area contributed by atoms with Crippen molar-refractivity contribution < 1.29 is 22.6 Å². The molecule has 0 amide bonds. The van der Waals surface area contributed by atoms with Crippen LogP contribution >= 0.6 is 11.8 Å². The number of aromatic nitrogens is 2. The first-order valence-corrected chi connectivity index (χ1v) is 10.0. The van der Waals surface area contributed by atoms with E-state index < -0.39 is 10.2 Å². The maximum absolute atomic E-state index is 13.4. The molecule has 0 fully saturated rings. The van der Waals surface area contributed by atoms with Crippen LogP contribution in [-0.2, 0) is 10.2 Å². The van der Waals surface area contributed by atoms with Gasteiger partial charge in [0.2, 0.25) is 0 Å². The van der Waals surface area contributed by atoms with Crippen LogP contribution in [0.3, 0.4) is 0 Å². The molecule has 1 aromatic carbocycles. The summed E-state index contributed by atoms with van der Waals surface area (Å²) < 4.78 is 44.8.